The Morgan fingerprint density at radius 3 is 2.05 bits per heavy atom. The number of carbonyl (C=O) groups is 1. The molecule has 2 aromatic rings. The quantitative estimate of drug-likeness (QED) is 0.843. The Balaban J connectivity index is 2.19. The summed E-state index contributed by atoms with van der Waals surface area (Å²) in [6, 6.07) is 8.66. The van der Waals surface area contributed by atoms with Crippen molar-refractivity contribution in [3.8, 4) is 23.5 Å². The van der Waals surface area contributed by atoms with Gasteiger partial charge >= 0.3 is 6.01 Å². The number of hydrogen-bond donors (Lipinski definition) is 0. The molecule has 0 unspecified atom stereocenters. The Kier molecular flexibility index (Phi) is 4.77. The molecule has 0 saturated carbocycles. The molecule has 0 atom stereocenters. The van der Waals surface area contributed by atoms with Crippen molar-refractivity contribution in [2.24, 2.45) is 0 Å². The van der Waals surface area contributed by atoms with Gasteiger partial charge in [0, 0.05) is 19.7 Å². The lowest BCUT2D eigenvalue weighted by Gasteiger charge is -2.15. The van der Waals surface area contributed by atoms with E-state index in [1.807, 2.05) is 0 Å². The standard InChI is InChI=1S/C15H17N3O4/c1-10(19)18(2)11-5-7-12(8-6-11)22-15-16-13(20-3)9-14(17-15)21-4/h5-9H,1-4H3. The highest BCUT2D eigenvalue weighted by Crippen LogP contribution is 2.25. The number of rotatable bonds is 5. The molecular weight excluding hydrogens is 286 g/mol. The molecule has 0 aliphatic carbocycles. The second-order valence-electron chi connectivity index (χ2n) is 4.41. The van der Waals surface area contributed by atoms with Gasteiger partial charge in [-0.1, -0.05) is 0 Å². The Labute approximate surface area is 128 Å². The van der Waals surface area contributed by atoms with Gasteiger partial charge < -0.3 is 19.1 Å². The van der Waals surface area contributed by atoms with Gasteiger partial charge in [-0.25, -0.2) is 0 Å². The summed E-state index contributed by atoms with van der Waals surface area (Å²) >= 11 is 0. The van der Waals surface area contributed by atoms with Crippen molar-refractivity contribution >= 4 is 11.6 Å². The minimum absolute atomic E-state index is 0.0467. The van der Waals surface area contributed by atoms with Gasteiger partial charge in [-0.15, -0.1) is 0 Å². The molecule has 0 aliphatic rings. The first-order valence-electron chi connectivity index (χ1n) is 6.52. The van der Waals surface area contributed by atoms with Gasteiger partial charge in [0.1, 0.15) is 5.75 Å². The van der Waals surface area contributed by atoms with Crippen LogP contribution in [0.5, 0.6) is 23.5 Å². The number of carbonyl (C=O) groups excluding carboxylic acids is 1. The summed E-state index contributed by atoms with van der Waals surface area (Å²) in [5.41, 5.74) is 0.768. The molecule has 0 fully saturated rings. The van der Waals surface area contributed by atoms with Crippen molar-refractivity contribution < 1.29 is 19.0 Å². The zero-order chi connectivity index (χ0) is 16.1. The van der Waals surface area contributed by atoms with Crippen LogP contribution in [0.3, 0.4) is 0 Å². The summed E-state index contributed by atoms with van der Waals surface area (Å²) in [5, 5.41) is 0. The first-order valence-corrected chi connectivity index (χ1v) is 6.52. The van der Waals surface area contributed by atoms with E-state index in [1.165, 1.54) is 26.0 Å². The lowest BCUT2D eigenvalue weighted by atomic mass is 10.3. The molecule has 0 saturated heterocycles. The van der Waals surface area contributed by atoms with Crippen LogP contribution in [0.4, 0.5) is 5.69 Å². The Morgan fingerprint density at radius 1 is 1.05 bits per heavy atom. The van der Waals surface area contributed by atoms with Crippen LogP contribution in [-0.4, -0.2) is 37.1 Å². The molecule has 0 bridgehead atoms. The van der Waals surface area contributed by atoms with Crippen LogP contribution in [0.1, 0.15) is 6.92 Å². The molecule has 116 valence electrons. The summed E-state index contributed by atoms with van der Waals surface area (Å²) in [4.78, 5) is 21.0. The number of nitrogens with zero attached hydrogens (tertiary/aromatic N) is 3. The van der Waals surface area contributed by atoms with E-state index in [0.29, 0.717) is 17.5 Å². The first kappa shape index (κ1) is 15.6. The number of ether oxygens (including phenoxy) is 3. The topological polar surface area (TPSA) is 73.8 Å². The van der Waals surface area contributed by atoms with Gasteiger partial charge in [-0.3, -0.25) is 4.79 Å². The largest absolute Gasteiger partial charge is 0.481 e. The number of anilines is 1. The second kappa shape index (κ2) is 6.75. The number of methoxy groups -OCH3 is 2. The minimum atomic E-state index is -0.0467. The van der Waals surface area contributed by atoms with E-state index in [9.17, 15) is 4.79 Å². The fourth-order valence-corrected chi connectivity index (χ4v) is 1.66. The van der Waals surface area contributed by atoms with Crippen molar-refractivity contribution in [2.45, 2.75) is 6.92 Å². The zero-order valence-corrected chi connectivity index (χ0v) is 12.9. The fraction of sp³-hybridized carbons (Fsp3) is 0.267. The normalized spacial score (nSPS) is 10.0. The van der Waals surface area contributed by atoms with Gasteiger partial charge in [0.25, 0.3) is 0 Å². The molecule has 0 aliphatic heterocycles. The average Bonchev–Trinajstić information content (AvgIpc) is 2.54. The molecule has 0 N–H and O–H groups in total. The number of amides is 1. The Hall–Kier alpha value is -2.83. The Bertz CT molecular complexity index is 636. The van der Waals surface area contributed by atoms with Gasteiger partial charge in [0.2, 0.25) is 17.7 Å². The molecule has 0 radical (unpaired) electrons. The summed E-state index contributed by atoms with van der Waals surface area (Å²) < 4.78 is 15.7. The SMILES string of the molecule is COc1cc(OC)nc(Oc2ccc(N(C)C(C)=O)cc2)n1. The average molecular weight is 303 g/mol. The van der Waals surface area contributed by atoms with Crippen LogP contribution < -0.4 is 19.1 Å². The predicted octanol–water partition coefficient (Wildman–Crippen LogP) is 2.27. The molecule has 1 amide bonds. The van der Waals surface area contributed by atoms with Crippen molar-refractivity contribution in [3.63, 3.8) is 0 Å². The van der Waals surface area contributed by atoms with Crippen molar-refractivity contribution in [3.05, 3.63) is 30.3 Å². The maximum Gasteiger partial charge on any atom is 0.328 e. The molecule has 1 aromatic carbocycles. The molecule has 22 heavy (non-hydrogen) atoms. The third kappa shape index (κ3) is 3.63. The summed E-state index contributed by atoms with van der Waals surface area (Å²) in [6.45, 7) is 1.50. The van der Waals surface area contributed by atoms with Crippen LogP contribution in [0.15, 0.2) is 30.3 Å². The summed E-state index contributed by atoms with van der Waals surface area (Å²) in [5.74, 6) is 1.18. The molecule has 2 rings (SSSR count). The molecule has 1 aromatic heterocycles. The highest BCUT2D eigenvalue weighted by molar-refractivity contribution is 5.90. The lowest BCUT2D eigenvalue weighted by molar-refractivity contribution is -0.116. The van der Waals surface area contributed by atoms with Gasteiger partial charge in [0.05, 0.1) is 20.3 Å². The lowest BCUT2D eigenvalue weighted by Crippen LogP contribution is -2.22. The van der Waals surface area contributed by atoms with Crippen LogP contribution in [-0.2, 0) is 4.79 Å². The first-order chi connectivity index (χ1) is 10.5. The number of hydrogen-bond acceptors (Lipinski definition) is 6. The van der Waals surface area contributed by atoms with Gasteiger partial charge in [0.15, 0.2) is 0 Å². The summed E-state index contributed by atoms with van der Waals surface area (Å²) in [7, 11) is 4.70. The van der Waals surface area contributed by atoms with E-state index in [1.54, 1.807) is 37.4 Å². The van der Waals surface area contributed by atoms with Crippen molar-refractivity contribution in [2.75, 3.05) is 26.2 Å². The monoisotopic (exact) mass is 303 g/mol. The van der Waals surface area contributed by atoms with E-state index >= 15 is 0 Å². The van der Waals surface area contributed by atoms with Crippen LogP contribution >= 0.6 is 0 Å². The molecule has 7 nitrogen and oxygen atoms in total. The van der Waals surface area contributed by atoms with E-state index in [4.69, 9.17) is 14.2 Å². The maximum absolute atomic E-state index is 11.3. The van der Waals surface area contributed by atoms with Crippen molar-refractivity contribution in [1.82, 2.24) is 9.97 Å². The van der Waals surface area contributed by atoms with E-state index in [0.717, 1.165) is 5.69 Å². The predicted molar refractivity (Wildman–Crippen MR) is 80.7 cm³/mol. The van der Waals surface area contributed by atoms with Crippen LogP contribution in [0, 0.1) is 0 Å². The smallest absolute Gasteiger partial charge is 0.328 e. The summed E-state index contributed by atoms with van der Waals surface area (Å²) in [6.07, 6.45) is 0. The van der Waals surface area contributed by atoms with Crippen LogP contribution in [0.25, 0.3) is 0 Å². The second-order valence-corrected chi connectivity index (χ2v) is 4.41. The number of aromatic nitrogens is 2. The van der Waals surface area contributed by atoms with E-state index in [2.05, 4.69) is 9.97 Å². The zero-order valence-electron chi connectivity index (χ0n) is 12.9. The third-order valence-corrected chi connectivity index (χ3v) is 2.98. The molecular formula is C15H17N3O4. The van der Waals surface area contributed by atoms with Gasteiger partial charge in [-0.2, -0.15) is 9.97 Å². The van der Waals surface area contributed by atoms with Crippen molar-refractivity contribution in [1.29, 1.82) is 0 Å². The van der Waals surface area contributed by atoms with E-state index < -0.39 is 0 Å². The maximum atomic E-state index is 11.3. The number of benzene rings is 1. The fourth-order valence-electron chi connectivity index (χ4n) is 1.66. The molecule has 7 heteroatoms. The van der Waals surface area contributed by atoms with Crippen LogP contribution in [0.2, 0.25) is 0 Å². The molecule has 1 heterocycles. The minimum Gasteiger partial charge on any atom is -0.481 e. The van der Waals surface area contributed by atoms with E-state index in [-0.39, 0.29) is 11.9 Å². The Morgan fingerprint density at radius 2 is 1.59 bits per heavy atom. The van der Waals surface area contributed by atoms with Gasteiger partial charge in [-0.05, 0) is 24.3 Å². The third-order valence-electron chi connectivity index (χ3n) is 2.98. The highest BCUT2D eigenvalue weighted by atomic mass is 16.5. The molecule has 0 spiro atoms. The highest BCUT2D eigenvalue weighted by Gasteiger charge is 2.09.